The van der Waals surface area contributed by atoms with Crippen LogP contribution in [0.1, 0.15) is 10.5 Å². The van der Waals surface area contributed by atoms with Gasteiger partial charge in [0.05, 0.1) is 12.2 Å². The van der Waals surface area contributed by atoms with Crippen LogP contribution in [0.4, 0.5) is 5.69 Å². The van der Waals surface area contributed by atoms with Crippen LogP contribution in [0.15, 0.2) is 66.9 Å². The maximum absolute atomic E-state index is 12.5. The van der Waals surface area contributed by atoms with Gasteiger partial charge in [-0.15, -0.1) is 0 Å². The minimum absolute atomic E-state index is 0.0717. The number of rotatable bonds is 5. The maximum atomic E-state index is 12.5. The number of hydrogen-bond acceptors (Lipinski definition) is 3. The number of carbonyl (C=O) groups excluding carboxylic acids is 2. The molecule has 0 saturated heterocycles. The van der Waals surface area contributed by atoms with Crippen LogP contribution in [-0.4, -0.2) is 40.1 Å². The molecule has 26 heavy (non-hydrogen) atoms. The van der Waals surface area contributed by atoms with Gasteiger partial charge in [0, 0.05) is 24.0 Å². The van der Waals surface area contributed by atoms with E-state index in [9.17, 15) is 9.59 Å². The summed E-state index contributed by atoms with van der Waals surface area (Å²) in [7, 11) is 1.56. The van der Waals surface area contributed by atoms with Gasteiger partial charge in [0.1, 0.15) is 0 Å². The second-order valence-corrected chi connectivity index (χ2v) is 6.14. The van der Waals surface area contributed by atoms with Gasteiger partial charge in [0.15, 0.2) is 5.69 Å². The van der Waals surface area contributed by atoms with Gasteiger partial charge in [-0.25, -0.2) is 4.68 Å². The summed E-state index contributed by atoms with van der Waals surface area (Å²) in [4.78, 5) is 25.9. The Balaban J connectivity index is 1.64. The van der Waals surface area contributed by atoms with Crippen LogP contribution in [0.5, 0.6) is 0 Å². The van der Waals surface area contributed by atoms with Crippen LogP contribution in [0.3, 0.4) is 0 Å². The van der Waals surface area contributed by atoms with E-state index >= 15 is 0 Å². The van der Waals surface area contributed by atoms with Gasteiger partial charge in [-0.05, 0) is 36.4 Å². The molecule has 1 heterocycles. The zero-order valence-corrected chi connectivity index (χ0v) is 14.8. The van der Waals surface area contributed by atoms with Crippen LogP contribution >= 0.6 is 11.6 Å². The number of aromatic nitrogens is 2. The second-order valence-electron chi connectivity index (χ2n) is 5.70. The molecule has 0 aliphatic heterocycles. The second kappa shape index (κ2) is 7.84. The highest BCUT2D eigenvalue weighted by molar-refractivity contribution is 6.30. The minimum Gasteiger partial charge on any atom is -0.331 e. The first-order chi connectivity index (χ1) is 12.5. The Labute approximate surface area is 156 Å². The van der Waals surface area contributed by atoms with Crippen LogP contribution in [0.25, 0.3) is 5.69 Å². The van der Waals surface area contributed by atoms with E-state index in [1.54, 1.807) is 54.3 Å². The molecule has 0 aliphatic carbocycles. The Morgan fingerprint density at radius 3 is 2.62 bits per heavy atom. The number of likely N-dealkylation sites (N-methyl/N-ethyl adjacent to an activating group) is 1. The molecule has 0 fully saturated rings. The molecule has 2 aromatic carbocycles. The van der Waals surface area contributed by atoms with E-state index in [0.717, 1.165) is 5.69 Å². The first kappa shape index (κ1) is 17.7. The molecule has 0 unspecified atom stereocenters. The first-order valence-electron chi connectivity index (χ1n) is 7.95. The van der Waals surface area contributed by atoms with Crippen LogP contribution in [0, 0.1) is 0 Å². The van der Waals surface area contributed by atoms with Crippen molar-refractivity contribution in [1.29, 1.82) is 0 Å². The summed E-state index contributed by atoms with van der Waals surface area (Å²) in [5, 5.41) is 7.60. The van der Waals surface area contributed by atoms with E-state index in [1.165, 1.54) is 4.90 Å². The van der Waals surface area contributed by atoms with E-state index in [4.69, 9.17) is 11.6 Å². The zero-order valence-electron chi connectivity index (χ0n) is 14.1. The number of halogens is 1. The molecule has 0 atom stereocenters. The predicted molar refractivity (Wildman–Crippen MR) is 101 cm³/mol. The SMILES string of the molecule is CN(CC(=O)Nc1ccccc1)C(=O)c1ccn(-c2cccc(Cl)c2)n1. The standard InChI is InChI=1S/C19H17ClN4O2/c1-23(13-18(25)21-15-7-3-2-4-8-15)19(26)17-10-11-24(22-17)16-9-5-6-14(20)12-16/h2-12H,13H2,1H3,(H,21,25). The van der Waals surface area contributed by atoms with Gasteiger partial charge in [-0.2, -0.15) is 5.10 Å². The van der Waals surface area contributed by atoms with Crippen LogP contribution < -0.4 is 5.32 Å². The van der Waals surface area contributed by atoms with Crippen molar-refractivity contribution in [2.75, 3.05) is 18.9 Å². The number of nitrogens with zero attached hydrogens (tertiary/aromatic N) is 3. The highest BCUT2D eigenvalue weighted by atomic mass is 35.5. The molecule has 3 rings (SSSR count). The lowest BCUT2D eigenvalue weighted by molar-refractivity contribution is -0.116. The summed E-state index contributed by atoms with van der Waals surface area (Å²) < 4.78 is 1.57. The average Bonchev–Trinajstić information content (AvgIpc) is 3.12. The number of anilines is 1. The third-order valence-corrected chi connectivity index (χ3v) is 3.90. The van der Waals surface area contributed by atoms with E-state index in [-0.39, 0.29) is 24.1 Å². The number of para-hydroxylation sites is 1. The Hall–Kier alpha value is -3.12. The normalized spacial score (nSPS) is 10.4. The number of nitrogens with one attached hydrogen (secondary N) is 1. The fourth-order valence-electron chi connectivity index (χ4n) is 2.41. The monoisotopic (exact) mass is 368 g/mol. The number of carbonyl (C=O) groups is 2. The summed E-state index contributed by atoms with van der Waals surface area (Å²) >= 11 is 5.98. The van der Waals surface area contributed by atoms with Gasteiger partial charge in [0.25, 0.3) is 5.91 Å². The molecule has 0 aliphatic rings. The molecule has 7 heteroatoms. The van der Waals surface area contributed by atoms with Crippen molar-refractivity contribution in [3.05, 3.63) is 77.6 Å². The van der Waals surface area contributed by atoms with Gasteiger partial charge in [-0.3, -0.25) is 9.59 Å². The molecule has 0 bridgehead atoms. The van der Waals surface area contributed by atoms with E-state index in [1.807, 2.05) is 24.3 Å². The molecule has 1 aromatic heterocycles. The van der Waals surface area contributed by atoms with E-state index in [0.29, 0.717) is 10.7 Å². The molecule has 6 nitrogen and oxygen atoms in total. The highest BCUT2D eigenvalue weighted by Crippen LogP contribution is 2.15. The Morgan fingerprint density at radius 1 is 1.12 bits per heavy atom. The van der Waals surface area contributed by atoms with Gasteiger partial charge >= 0.3 is 0 Å². The van der Waals surface area contributed by atoms with Crippen molar-refractivity contribution in [3.8, 4) is 5.69 Å². The van der Waals surface area contributed by atoms with Crippen molar-refractivity contribution in [1.82, 2.24) is 14.7 Å². The smallest absolute Gasteiger partial charge is 0.274 e. The minimum atomic E-state index is -0.339. The van der Waals surface area contributed by atoms with Crippen molar-refractivity contribution in [3.63, 3.8) is 0 Å². The quantitative estimate of drug-likeness (QED) is 0.751. The fraction of sp³-hybridized carbons (Fsp3) is 0.105. The summed E-state index contributed by atoms with van der Waals surface area (Å²) in [6.45, 7) is -0.0717. The number of hydrogen-bond donors (Lipinski definition) is 1. The molecule has 0 radical (unpaired) electrons. The number of benzene rings is 2. The lowest BCUT2D eigenvalue weighted by Crippen LogP contribution is -2.35. The Bertz CT molecular complexity index is 924. The molecule has 132 valence electrons. The van der Waals surface area contributed by atoms with Crippen LogP contribution in [-0.2, 0) is 4.79 Å². The molecule has 1 N–H and O–H groups in total. The molecular weight excluding hydrogens is 352 g/mol. The molecule has 0 saturated carbocycles. The maximum Gasteiger partial charge on any atom is 0.274 e. The highest BCUT2D eigenvalue weighted by Gasteiger charge is 2.18. The topological polar surface area (TPSA) is 67.2 Å². The Morgan fingerprint density at radius 2 is 1.88 bits per heavy atom. The number of amides is 2. The van der Waals surface area contributed by atoms with Crippen molar-refractivity contribution < 1.29 is 9.59 Å². The third kappa shape index (κ3) is 4.29. The van der Waals surface area contributed by atoms with E-state index in [2.05, 4.69) is 10.4 Å². The van der Waals surface area contributed by atoms with Crippen molar-refractivity contribution in [2.24, 2.45) is 0 Å². The summed E-state index contributed by atoms with van der Waals surface area (Å²) in [5.41, 5.74) is 1.68. The van der Waals surface area contributed by atoms with Gasteiger partial charge < -0.3 is 10.2 Å². The summed E-state index contributed by atoms with van der Waals surface area (Å²) in [5.74, 6) is -0.615. The van der Waals surface area contributed by atoms with E-state index < -0.39 is 0 Å². The van der Waals surface area contributed by atoms with Crippen LogP contribution in [0.2, 0.25) is 5.02 Å². The average molecular weight is 369 g/mol. The van der Waals surface area contributed by atoms with Crippen molar-refractivity contribution >= 4 is 29.1 Å². The first-order valence-corrected chi connectivity index (χ1v) is 8.33. The lowest BCUT2D eigenvalue weighted by atomic mass is 10.3. The largest absolute Gasteiger partial charge is 0.331 e. The summed E-state index contributed by atoms with van der Waals surface area (Å²) in [6, 6.07) is 17.8. The zero-order chi connectivity index (χ0) is 18.5. The van der Waals surface area contributed by atoms with Crippen molar-refractivity contribution in [2.45, 2.75) is 0 Å². The van der Waals surface area contributed by atoms with Gasteiger partial charge in [-0.1, -0.05) is 35.9 Å². The molecule has 3 aromatic rings. The molecule has 2 amide bonds. The fourth-order valence-corrected chi connectivity index (χ4v) is 2.59. The lowest BCUT2D eigenvalue weighted by Gasteiger charge is -2.15. The Kier molecular flexibility index (Phi) is 5.34. The molecular formula is C19H17ClN4O2. The molecule has 0 spiro atoms. The summed E-state index contributed by atoms with van der Waals surface area (Å²) in [6.07, 6.45) is 1.68. The van der Waals surface area contributed by atoms with Gasteiger partial charge in [0.2, 0.25) is 5.91 Å². The predicted octanol–water partition coefficient (Wildman–Crippen LogP) is 3.24. The third-order valence-electron chi connectivity index (χ3n) is 3.67.